The van der Waals surface area contributed by atoms with Gasteiger partial charge in [-0.2, -0.15) is 0 Å². The van der Waals surface area contributed by atoms with Crippen molar-refractivity contribution in [2.45, 2.75) is 6.42 Å². The molecule has 0 spiro atoms. The highest BCUT2D eigenvalue weighted by Crippen LogP contribution is 2.22. The molecule has 1 fully saturated rings. The summed E-state index contributed by atoms with van der Waals surface area (Å²) in [5.41, 5.74) is 3.20. The molecule has 1 aromatic heterocycles. The van der Waals surface area contributed by atoms with Crippen LogP contribution in [0.15, 0.2) is 73.1 Å². The Morgan fingerprint density at radius 3 is 2.34 bits per heavy atom. The van der Waals surface area contributed by atoms with Crippen LogP contribution in [-0.4, -0.2) is 73.0 Å². The molecule has 1 N–H and O–H groups in total. The van der Waals surface area contributed by atoms with E-state index < -0.39 is 0 Å². The SMILES string of the molecule is O=C(NCCCN1CCOCC1)c1ccc2c(c1)ncn2-c1ccc(OCCOc2ccc(F)cc2)cc1. The van der Waals surface area contributed by atoms with E-state index >= 15 is 0 Å². The quantitative estimate of drug-likeness (QED) is 0.302. The summed E-state index contributed by atoms with van der Waals surface area (Å²) in [6.45, 7) is 5.79. The van der Waals surface area contributed by atoms with Crippen LogP contribution in [0.4, 0.5) is 4.39 Å². The second-order valence-electron chi connectivity index (χ2n) is 9.03. The van der Waals surface area contributed by atoms with Crippen molar-refractivity contribution in [1.82, 2.24) is 19.8 Å². The number of imidazole rings is 1. The molecule has 1 aliphatic heterocycles. The average Bonchev–Trinajstić information content (AvgIpc) is 3.38. The van der Waals surface area contributed by atoms with Crippen molar-refractivity contribution in [3.05, 3.63) is 84.4 Å². The number of ether oxygens (including phenoxy) is 3. The van der Waals surface area contributed by atoms with Gasteiger partial charge in [0.15, 0.2) is 0 Å². The number of hydrogen-bond donors (Lipinski definition) is 1. The number of hydrogen-bond acceptors (Lipinski definition) is 6. The molecule has 9 heteroatoms. The molecule has 4 aromatic rings. The van der Waals surface area contributed by atoms with Crippen LogP contribution in [-0.2, 0) is 4.74 Å². The Kier molecular flexibility index (Phi) is 8.47. The predicted molar refractivity (Wildman–Crippen MR) is 143 cm³/mol. The molecule has 1 saturated heterocycles. The number of carbonyl (C=O) groups is 1. The lowest BCUT2D eigenvalue weighted by Gasteiger charge is -2.26. The van der Waals surface area contributed by atoms with Gasteiger partial charge in [-0.05, 0) is 79.7 Å². The van der Waals surface area contributed by atoms with Crippen molar-refractivity contribution in [3.63, 3.8) is 0 Å². The van der Waals surface area contributed by atoms with Gasteiger partial charge in [0.2, 0.25) is 0 Å². The molecule has 1 amide bonds. The smallest absolute Gasteiger partial charge is 0.251 e. The summed E-state index contributed by atoms with van der Waals surface area (Å²) in [5, 5.41) is 3.01. The first-order valence-electron chi connectivity index (χ1n) is 12.8. The molecule has 0 atom stereocenters. The van der Waals surface area contributed by atoms with Gasteiger partial charge >= 0.3 is 0 Å². The van der Waals surface area contributed by atoms with Gasteiger partial charge in [-0.1, -0.05) is 0 Å². The number of carbonyl (C=O) groups excluding carboxylic acids is 1. The van der Waals surface area contributed by atoms with Gasteiger partial charge in [-0.25, -0.2) is 9.37 Å². The lowest BCUT2D eigenvalue weighted by atomic mass is 10.2. The van der Waals surface area contributed by atoms with Crippen molar-refractivity contribution >= 4 is 16.9 Å². The van der Waals surface area contributed by atoms with Crippen molar-refractivity contribution < 1.29 is 23.4 Å². The first-order valence-corrected chi connectivity index (χ1v) is 12.8. The highest BCUT2D eigenvalue weighted by molar-refractivity contribution is 5.97. The molecule has 0 saturated carbocycles. The van der Waals surface area contributed by atoms with E-state index in [4.69, 9.17) is 14.2 Å². The molecular weight excluding hydrogens is 487 g/mol. The first-order chi connectivity index (χ1) is 18.7. The van der Waals surface area contributed by atoms with E-state index in [2.05, 4.69) is 15.2 Å². The number of halogens is 1. The number of nitrogens with one attached hydrogen (secondary N) is 1. The Bertz CT molecular complexity index is 1340. The molecule has 2 heterocycles. The van der Waals surface area contributed by atoms with E-state index in [0.717, 1.165) is 56.0 Å². The van der Waals surface area contributed by atoms with Crippen LogP contribution >= 0.6 is 0 Å². The predicted octanol–water partition coefficient (Wildman–Crippen LogP) is 4.07. The Morgan fingerprint density at radius 1 is 0.947 bits per heavy atom. The largest absolute Gasteiger partial charge is 0.490 e. The van der Waals surface area contributed by atoms with Gasteiger partial charge in [-0.15, -0.1) is 0 Å². The molecular formula is C29H31FN4O4. The van der Waals surface area contributed by atoms with Gasteiger partial charge in [0, 0.05) is 30.9 Å². The minimum Gasteiger partial charge on any atom is -0.490 e. The van der Waals surface area contributed by atoms with Crippen molar-refractivity contribution in [2.75, 3.05) is 52.6 Å². The average molecular weight is 519 g/mol. The standard InChI is InChI=1S/C29H31FN4O4/c30-23-3-7-25(8-4-23)37-18-19-38-26-9-5-24(6-10-26)34-21-32-27-20-22(2-11-28(27)34)29(35)31-12-1-13-33-14-16-36-17-15-33/h2-11,20-21H,1,12-19H2,(H,31,35). The van der Waals surface area contributed by atoms with E-state index in [-0.39, 0.29) is 11.7 Å². The normalized spacial score (nSPS) is 13.9. The van der Waals surface area contributed by atoms with Crippen molar-refractivity contribution in [2.24, 2.45) is 0 Å². The third-order valence-electron chi connectivity index (χ3n) is 6.40. The fourth-order valence-electron chi connectivity index (χ4n) is 4.34. The van der Waals surface area contributed by atoms with Crippen LogP contribution in [0.3, 0.4) is 0 Å². The van der Waals surface area contributed by atoms with Crippen LogP contribution < -0.4 is 14.8 Å². The van der Waals surface area contributed by atoms with Gasteiger partial charge in [0.1, 0.15) is 36.9 Å². The summed E-state index contributed by atoms with van der Waals surface area (Å²) < 4.78 is 31.6. The number of fused-ring (bicyclic) bond motifs is 1. The molecule has 0 radical (unpaired) electrons. The molecule has 0 unspecified atom stereocenters. The lowest BCUT2D eigenvalue weighted by molar-refractivity contribution is 0.0374. The zero-order valence-corrected chi connectivity index (χ0v) is 21.1. The molecule has 5 rings (SSSR count). The molecule has 0 bridgehead atoms. The second-order valence-corrected chi connectivity index (χ2v) is 9.03. The van der Waals surface area contributed by atoms with Gasteiger partial charge in [0.25, 0.3) is 5.91 Å². The molecule has 1 aliphatic rings. The van der Waals surface area contributed by atoms with E-state index in [1.807, 2.05) is 47.0 Å². The van der Waals surface area contributed by atoms with E-state index in [1.54, 1.807) is 18.5 Å². The number of rotatable bonds is 11. The summed E-state index contributed by atoms with van der Waals surface area (Å²) in [6.07, 6.45) is 2.66. The number of benzene rings is 3. The summed E-state index contributed by atoms with van der Waals surface area (Å²) >= 11 is 0. The summed E-state index contributed by atoms with van der Waals surface area (Å²) in [7, 11) is 0. The van der Waals surface area contributed by atoms with Crippen LogP contribution in [0.2, 0.25) is 0 Å². The topological polar surface area (TPSA) is 77.9 Å². The summed E-state index contributed by atoms with van der Waals surface area (Å²) in [6, 6.07) is 19.1. The van der Waals surface area contributed by atoms with Crippen LogP contribution in [0.5, 0.6) is 11.5 Å². The van der Waals surface area contributed by atoms with Crippen LogP contribution in [0.1, 0.15) is 16.8 Å². The Balaban J connectivity index is 1.11. The molecule has 0 aliphatic carbocycles. The second kappa shape index (κ2) is 12.5. The minimum atomic E-state index is -0.295. The monoisotopic (exact) mass is 518 g/mol. The zero-order chi connectivity index (χ0) is 26.2. The number of aromatic nitrogens is 2. The first kappa shape index (κ1) is 25.7. The number of morpholine rings is 1. The van der Waals surface area contributed by atoms with Crippen molar-refractivity contribution in [1.29, 1.82) is 0 Å². The van der Waals surface area contributed by atoms with Crippen molar-refractivity contribution in [3.8, 4) is 17.2 Å². The molecule has 3 aromatic carbocycles. The van der Waals surface area contributed by atoms with Crippen LogP contribution in [0.25, 0.3) is 16.7 Å². The third-order valence-corrected chi connectivity index (χ3v) is 6.40. The number of nitrogens with zero attached hydrogens (tertiary/aromatic N) is 3. The van der Waals surface area contributed by atoms with Gasteiger partial charge < -0.3 is 19.5 Å². The summed E-state index contributed by atoms with van der Waals surface area (Å²) in [4.78, 5) is 19.5. The molecule has 38 heavy (non-hydrogen) atoms. The lowest BCUT2D eigenvalue weighted by Crippen LogP contribution is -2.38. The Labute approximate surface area is 220 Å². The Morgan fingerprint density at radius 2 is 1.63 bits per heavy atom. The fourth-order valence-corrected chi connectivity index (χ4v) is 4.34. The van der Waals surface area contributed by atoms with Crippen LogP contribution in [0, 0.1) is 5.82 Å². The minimum absolute atomic E-state index is 0.0895. The van der Waals surface area contributed by atoms with E-state index in [9.17, 15) is 9.18 Å². The van der Waals surface area contributed by atoms with Gasteiger partial charge in [0.05, 0.1) is 24.2 Å². The van der Waals surface area contributed by atoms with E-state index in [0.29, 0.717) is 36.8 Å². The maximum absolute atomic E-state index is 13.0. The number of amides is 1. The fraction of sp³-hybridized carbons (Fsp3) is 0.310. The molecule has 8 nitrogen and oxygen atoms in total. The molecule has 198 valence electrons. The van der Waals surface area contributed by atoms with Gasteiger partial charge in [-0.3, -0.25) is 14.3 Å². The maximum Gasteiger partial charge on any atom is 0.251 e. The maximum atomic E-state index is 13.0. The highest BCUT2D eigenvalue weighted by atomic mass is 19.1. The summed E-state index contributed by atoms with van der Waals surface area (Å²) in [5.74, 6) is 0.930. The van der Waals surface area contributed by atoms with E-state index in [1.165, 1.54) is 12.1 Å². The highest BCUT2D eigenvalue weighted by Gasteiger charge is 2.12. The zero-order valence-electron chi connectivity index (χ0n) is 21.1. The Hall–Kier alpha value is -3.95. The third kappa shape index (κ3) is 6.67.